The Hall–Kier alpha value is -0.0800. The first-order valence-electron chi connectivity index (χ1n) is 2.87. The van der Waals surface area contributed by atoms with Crippen molar-refractivity contribution in [2.45, 2.75) is 0 Å². The van der Waals surface area contributed by atoms with Crippen LogP contribution in [0.3, 0.4) is 0 Å². The van der Waals surface area contributed by atoms with E-state index in [0.717, 1.165) is 11.7 Å². The summed E-state index contributed by atoms with van der Waals surface area (Å²) in [5.41, 5.74) is 0. The van der Waals surface area contributed by atoms with Gasteiger partial charge in [-0.05, 0) is 25.7 Å². The maximum atomic E-state index is 5.81. The summed E-state index contributed by atoms with van der Waals surface area (Å²) in [6.45, 7) is 0.814. The van der Waals surface area contributed by atoms with Crippen LogP contribution < -0.4 is 0 Å². The maximum Gasteiger partial charge on any atom is 0.258 e. The standard InChI is InChI=1S/C6H14ClN2/c1-8(2)5-6(7)9(3)4/h5H2,1-4H3/q+1. The number of hydrogen-bond donors (Lipinski definition) is 0. The lowest BCUT2D eigenvalue weighted by Gasteiger charge is -2.04. The van der Waals surface area contributed by atoms with Gasteiger partial charge < -0.3 is 0 Å². The molecule has 2 nitrogen and oxygen atoms in total. The first-order chi connectivity index (χ1) is 4.04. The number of halogens is 1. The van der Waals surface area contributed by atoms with E-state index in [4.69, 9.17) is 11.6 Å². The molecule has 0 fully saturated rings. The summed E-state index contributed by atoms with van der Waals surface area (Å²) in [4.78, 5) is 2.03. The van der Waals surface area contributed by atoms with Crippen LogP contribution in [-0.2, 0) is 0 Å². The van der Waals surface area contributed by atoms with Crippen LogP contribution in [0.25, 0.3) is 0 Å². The average Bonchev–Trinajstić information content (AvgIpc) is 1.63. The lowest BCUT2D eigenvalue weighted by Crippen LogP contribution is -2.23. The summed E-state index contributed by atoms with van der Waals surface area (Å²) in [5.74, 6) is 0. The molecule has 0 bridgehead atoms. The third-order valence-corrected chi connectivity index (χ3v) is 1.39. The summed E-state index contributed by atoms with van der Waals surface area (Å²) < 4.78 is 1.90. The molecule has 0 radical (unpaired) electrons. The van der Waals surface area contributed by atoms with E-state index in [9.17, 15) is 0 Å². The van der Waals surface area contributed by atoms with Gasteiger partial charge in [-0.15, -0.1) is 0 Å². The molecule has 0 spiro atoms. The van der Waals surface area contributed by atoms with Crippen LogP contribution in [-0.4, -0.2) is 49.4 Å². The van der Waals surface area contributed by atoms with E-state index in [2.05, 4.69) is 0 Å². The molecule has 0 unspecified atom stereocenters. The molecule has 0 aromatic rings. The fourth-order valence-electron chi connectivity index (χ4n) is 0.402. The van der Waals surface area contributed by atoms with E-state index < -0.39 is 0 Å². The third kappa shape index (κ3) is 4.43. The van der Waals surface area contributed by atoms with Gasteiger partial charge in [0.15, 0.2) is 0 Å². The van der Waals surface area contributed by atoms with Crippen LogP contribution >= 0.6 is 11.6 Å². The summed E-state index contributed by atoms with van der Waals surface area (Å²) in [5, 5.41) is 0.861. The van der Waals surface area contributed by atoms with Gasteiger partial charge in [-0.1, -0.05) is 0 Å². The molecular formula is C6H14ClN2+. The highest BCUT2D eigenvalue weighted by Gasteiger charge is 2.02. The monoisotopic (exact) mass is 149 g/mol. The quantitative estimate of drug-likeness (QED) is 0.409. The fraction of sp³-hybridized carbons (Fsp3) is 0.833. The molecule has 54 valence electrons. The van der Waals surface area contributed by atoms with E-state index in [1.165, 1.54) is 0 Å². The van der Waals surface area contributed by atoms with E-state index in [0.29, 0.717) is 0 Å². The summed E-state index contributed by atoms with van der Waals surface area (Å²) in [6, 6.07) is 0. The molecule has 0 atom stereocenters. The van der Waals surface area contributed by atoms with Gasteiger partial charge in [0.2, 0.25) is 0 Å². The Labute approximate surface area is 61.7 Å². The van der Waals surface area contributed by atoms with Crippen molar-refractivity contribution in [1.29, 1.82) is 0 Å². The molecule has 0 N–H and O–H groups in total. The molecule has 0 rings (SSSR count). The Balaban J connectivity index is 3.77. The average molecular weight is 150 g/mol. The van der Waals surface area contributed by atoms with Crippen molar-refractivity contribution in [2.75, 3.05) is 34.7 Å². The van der Waals surface area contributed by atoms with Crippen molar-refractivity contribution in [3.63, 3.8) is 0 Å². The molecule has 0 aliphatic rings. The first kappa shape index (κ1) is 8.92. The molecule has 0 aromatic carbocycles. The van der Waals surface area contributed by atoms with Crippen LogP contribution in [0.15, 0.2) is 0 Å². The Morgan fingerprint density at radius 3 is 2.00 bits per heavy atom. The van der Waals surface area contributed by atoms with Gasteiger partial charge in [-0.3, -0.25) is 4.90 Å². The van der Waals surface area contributed by atoms with Crippen LogP contribution in [0.2, 0.25) is 0 Å². The Morgan fingerprint density at radius 2 is 1.89 bits per heavy atom. The van der Waals surface area contributed by atoms with Gasteiger partial charge in [0.05, 0.1) is 6.54 Å². The zero-order valence-electron chi connectivity index (χ0n) is 6.48. The lowest BCUT2D eigenvalue weighted by molar-refractivity contribution is -0.463. The van der Waals surface area contributed by atoms with E-state index >= 15 is 0 Å². The molecule has 0 aromatic heterocycles. The normalized spacial score (nSPS) is 10.0. The summed E-state index contributed by atoms with van der Waals surface area (Å²) in [7, 11) is 7.86. The van der Waals surface area contributed by atoms with Crippen molar-refractivity contribution in [2.24, 2.45) is 0 Å². The fourth-order valence-corrected chi connectivity index (χ4v) is 0.641. The van der Waals surface area contributed by atoms with Crippen molar-refractivity contribution in [3.8, 4) is 0 Å². The molecule has 3 heteroatoms. The predicted octanol–water partition coefficient (Wildman–Crippen LogP) is 0.457. The molecule has 0 aliphatic carbocycles. The second-order valence-electron chi connectivity index (χ2n) is 2.51. The first-order valence-corrected chi connectivity index (χ1v) is 3.25. The van der Waals surface area contributed by atoms with Gasteiger partial charge >= 0.3 is 0 Å². The summed E-state index contributed by atoms with van der Waals surface area (Å²) >= 11 is 5.81. The third-order valence-electron chi connectivity index (χ3n) is 0.932. The molecule has 0 amide bonds. The second kappa shape index (κ2) is 3.85. The van der Waals surface area contributed by atoms with Gasteiger partial charge in [0.1, 0.15) is 14.1 Å². The zero-order valence-corrected chi connectivity index (χ0v) is 7.24. The topological polar surface area (TPSA) is 6.25 Å². The summed E-state index contributed by atoms with van der Waals surface area (Å²) in [6.07, 6.45) is 0. The van der Waals surface area contributed by atoms with Crippen LogP contribution in [0.5, 0.6) is 0 Å². The van der Waals surface area contributed by atoms with Gasteiger partial charge in [-0.25, -0.2) is 4.58 Å². The maximum absolute atomic E-state index is 5.81. The number of rotatable bonds is 2. The number of hydrogen-bond acceptors (Lipinski definition) is 1. The van der Waals surface area contributed by atoms with Gasteiger partial charge in [0.25, 0.3) is 5.17 Å². The van der Waals surface area contributed by atoms with Gasteiger partial charge in [0, 0.05) is 0 Å². The van der Waals surface area contributed by atoms with Crippen molar-refractivity contribution in [3.05, 3.63) is 0 Å². The molecule has 9 heavy (non-hydrogen) atoms. The highest BCUT2D eigenvalue weighted by atomic mass is 35.5. The molecule has 0 saturated heterocycles. The van der Waals surface area contributed by atoms with Crippen LogP contribution in [0, 0.1) is 0 Å². The van der Waals surface area contributed by atoms with Crippen LogP contribution in [0.4, 0.5) is 0 Å². The minimum Gasteiger partial charge on any atom is -0.299 e. The predicted molar refractivity (Wildman–Crippen MR) is 41.5 cm³/mol. The number of nitrogens with zero attached hydrogens (tertiary/aromatic N) is 2. The molecule has 0 heterocycles. The van der Waals surface area contributed by atoms with Crippen LogP contribution in [0.1, 0.15) is 0 Å². The lowest BCUT2D eigenvalue weighted by atomic mass is 10.6. The van der Waals surface area contributed by atoms with Crippen molar-refractivity contribution < 1.29 is 4.58 Å². The Kier molecular flexibility index (Phi) is 3.82. The minimum absolute atomic E-state index is 0.814. The largest absolute Gasteiger partial charge is 0.299 e. The Morgan fingerprint density at radius 1 is 1.44 bits per heavy atom. The zero-order chi connectivity index (χ0) is 7.44. The van der Waals surface area contributed by atoms with Crippen molar-refractivity contribution >= 4 is 16.8 Å². The highest BCUT2D eigenvalue weighted by Crippen LogP contribution is 1.85. The SMILES string of the molecule is CN(C)CC(Cl)=[N+](C)C. The van der Waals surface area contributed by atoms with E-state index in [1.54, 1.807) is 0 Å². The molecular weight excluding hydrogens is 136 g/mol. The minimum atomic E-state index is 0.814. The van der Waals surface area contributed by atoms with E-state index in [1.807, 2.05) is 37.7 Å². The molecule has 0 aliphatic heterocycles. The smallest absolute Gasteiger partial charge is 0.258 e. The van der Waals surface area contributed by atoms with Gasteiger partial charge in [-0.2, -0.15) is 0 Å². The molecule has 0 saturated carbocycles. The second-order valence-corrected chi connectivity index (χ2v) is 2.94. The van der Waals surface area contributed by atoms with Crippen molar-refractivity contribution in [1.82, 2.24) is 4.90 Å². The Bertz CT molecular complexity index is 114. The van der Waals surface area contributed by atoms with E-state index in [-0.39, 0.29) is 0 Å². The highest BCUT2D eigenvalue weighted by molar-refractivity contribution is 6.64.